The summed E-state index contributed by atoms with van der Waals surface area (Å²) in [6, 6.07) is 0. The number of hydrogen-bond donors (Lipinski definition) is 1. The molecule has 1 saturated carbocycles. The summed E-state index contributed by atoms with van der Waals surface area (Å²) in [4.78, 5) is 11.8. The van der Waals surface area contributed by atoms with Crippen LogP contribution in [0, 0.1) is 23.7 Å². The first-order valence-electron chi connectivity index (χ1n) is 7.21. The van der Waals surface area contributed by atoms with Gasteiger partial charge in [-0.15, -0.1) is 0 Å². The van der Waals surface area contributed by atoms with E-state index in [1.807, 2.05) is 13.8 Å². The third-order valence-electron chi connectivity index (χ3n) is 4.32. The molecule has 2 atom stereocenters. The molecule has 106 valence electrons. The summed E-state index contributed by atoms with van der Waals surface area (Å²) in [5, 5.41) is 10.2. The lowest BCUT2D eigenvalue weighted by molar-refractivity contribution is -0.151. The Kier molecular flexibility index (Phi) is 6.13. The van der Waals surface area contributed by atoms with Crippen molar-refractivity contribution in [2.24, 2.45) is 23.7 Å². The van der Waals surface area contributed by atoms with Crippen molar-refractivity contribution in [3.05, 3.63) is 0 Å². The number of carbonyl (C=O) groups excluding carboxylic acids is 1. The average molecular weight is 256 g/mol. The second kappa shape index (κ2) is 7.13. The summed E-state index contributed by atoms with van der Waals surface area (Å²) in [6.07, 6.45) is 5.04. The van der Waals surface area contributed by atoms with Gasteiger partial charge < -0.3 is 9.84 Å². The Morgan fingerprint density at radius 2 is 1.83 bits per heavy atom. The highest BCUT2D eigenvalue weighted by Gasteiger charge is 2.33. The summed E-state index contributed by atoms with van der Waals surface area (Å²) in [7, 11) is 1.41. The molecule has 1 fully saturated rings. The number of ether oxygens (including phenoxy) is 1. The van der Waals surface area contributed by atoms with Crippen molar-refractivity contribution >= 4 is 5.97 Å². The van der Waals surface area contributed by atoms with Gasteiger partial charge in [0, 0.05) is 0 Å². The van der Waals surface area contributed by atoms with E-state index in [0.717, 1.165) is 12.3 Å². The fourth-order valence-electron chi connectivity index (χ4n) is 2.92. The van der Waals surface area contributed by atoms with Crippen molar-refractivity contribution in [1.82, 2.24) is 0 Å². The first kappa shape index (κ1) is 15.5. The predicted octanol–water partition coefficient (Wildman–Crippen LogP) is 3.01. The molecule has 0 bridgehead atoms. The van der Waals surface area contributed by atoms with E-state index in [1.165, 1.54) is 32.8 Å². The molecule has 0 heterocycles. The van der Waals surface area contributed by atoms with E-state index in [2.05, 4.69) is 6.92 Å². The first-order valence-corrected chi connectivity index (χ1v) is 7.21. The van der Waals surface area contributed by atoms with Crippen LogP contribution < -0.4 is 0 Å². The molecule has 18 heavy (non-hydrogen) atoms. The van der Waals surface area contributed by atoms with Crippen LogP contribution in [-0.2, 0) is 9.53 Å². The molecule has 3 nitrogen and oxygen atoms in total. The van der Waals surface area contributed by atoms with Gasteiger partial charge in [-0.2, -0.15) is 0 Å². The maximum absolute atomic E-state index is 11.8. The monoisotopic (exact) mass is 256 g/mol. The highest BCUT2D eigenvalue weighted by atomic mass is 16.5. The number of carbonyl (C=O) groups is 1. The Morgan fingerprint density at radius 3 is 2.28 bits per heavy atom. The summed E-state index contributed by atoms with van der Waals surface area (Å²) in [5.41, 5.74) is 0. The van der Waals surface area contributed by atoms with Crippen molar-refractivity contribution < 1.29 is 14.6 Å². The van der Waals surface area contributed by atoms with E-state index in [-0.39, 0.29) is 17.8 Å². The molecular weight excluding hydrogens is 228 g/mol. The van der Waals surface area contributed by atoms with Gasteiger partial charge in [0.05, 0.1) is 19.1 Å². The Morgan fingerprint density at radius 1 is 1.28 bits per heavy atom. The van der Waals surface area contributed by atoms with Crippen LogP contribution >= 0.6 is 0 Å². The Bertz CT molecular complexity index is 254. The van der Waals surface area contributed by atoms with Crippen molar-refractivity contribution in [3.63, 3.8) is 0 Å². The minimum absolute atomic E-state index is 0.0941. The standard InChI is InChI=1S/C15H28O3/c1-10(2)14(16)13(15(17)18-4)9-12-7-5-11(3)6-8-12/h10-14,16H,5-9H2,1-4H3/t11?,12?,13-,14-/m1/s1. The third-order valence-corrected chi connectivity index (χ3v) is 4.32. The summed E-state index contributed by atoms with van der Waals surface area (Å²) >= 11 is 0. The highest BCUT2D eigenvalue weighted by molar-refractivity contribution is 5.73. The van der Waals surface area contributed by atoms with Gasteiger partial charge in [-0.25, -0.2) is 0 Å². The van der Waals surface area contributed by atoms with E-state index in [0.29, 0.717) is 5.92 Å². The van der Waals surface area contributed by atoms with Crippen LogP contribution in [0.3, 0.4) is 0 Å². The summed E-state index contributed by atoms with van der Waals surface area (Å²) in [6.45, 7) is 6.18. The zero-order chi connectivity index (χ0) is 13.7. The second-order valence-electron chi connectivity index (χ2n) is 6.23. The molecule has 0 aromatic heterocycles. The van der Waals surface area contributed by atoms with E-state index >= 15 is 0 Å². The van der Waals surface area contributed by atoms with Gasteiger partial charge in [-0.05, 0) is 24.2 Å². The molecule has 0 aromatic carbocycles. The molecule has 0 aliphatic heterocycles. The van der Waals surface area contributed by atoms with Crippen LogP contribution in [0.4, 0.5) is 0 Å². The van der Waals surface area contributed by atoms with Crippen LogP contribution in [0.25, 0.3) is 0 Å². The largest absolute Gasteiger partial charge is 0.469 e. The van der Waals surface area contributed by atoms with Crippen LogP contribution in [0.2, 0.25) is 0 Å². The van der Waals surface area contributed by atoms with Gasteiger partial charge in [-0.1, -0.05) is 46.5 Å². The van der Waals surface area contributed by atoms with E-state index < -0.39 is 6.10 Å². The number of methoxy groups -OCH3 is 1. The minimum atomic E-state index is -0.586. The number of rotatable bonds is 5. The fraction of sp³-hybridized carbons (Fsp3) is 0.933. The molecule has 0 unspecified atom stereocenters. The van der Waals surface area contributed by atoms with Gasteiger partial charge in [0.1, 0.15) is 0 Å². The molecule has 0 aromatic rings. The van der Waals surface area contributed by atoms with Crippen molar-refractivity contribution in [1.29, 1.82) is 0 Å². The fourth-order valence-corrected chi connectivity index (χ4v) is 2.92. The Hall–Kier alpha value is -0.570. The minimum Gasteiger partial charge on any atom is -0.469 e. The van der Waals surface area contributed by atoms with E-state index in [1.54, 1.807) is 0 Å². The Labute approximate surface area is 111 Å². The van der Waals surface area contributed by atoms with Crippen LogP contribution in [0.5, 0.6) is 0 Å². The van der Waals surface area contributed by atoms with Crippen molar-refractivity contribution in [2.45, 2.75) is 59.0 Å². The van der Waals surface area contributed by atoms with E-state index in [9.17, 15) is 9.90 Å². The lowest BCUT2D eigenvalue weighted by Crippen LogP contribution is -2.35. The topological polar surface area (TPSA) is 46.5 Å². The molecule has 0 amide bonds. The quantitative estimate of drug-likeness (QED) is 0.769. The second-order valence-corrected chi connectivity index (χ2v) is 6.23. The SMILES string of the molecule is COC(=O)[C@H](CC1CCC(C)CC1)[C@H](O)C(C)C. The third kappa shape index (κ3) is 4.27. The van der Waals surface area contributed by atoms with Gasteiger partial charge in [0.2, 0.25) is 0 Å². The van der Waals surface area contributed by atoms with Crippen molar-refractivity contribution in [2.75, 3.05) is 7.11 Å². The van der Waals surface area contributed by atoms with Crippen LogP contribution in [-0.4, -0.2) is 24.3 Å². The predicted molar refractivity (Wildman–Crippen MR) is 72.1 cm³/mol. The number of aliphatic hydroxyl groups excluding tert-OH is 1. The molecule has 0 saturated heterocycles. The Balaban J connectivity index is 2.58. The number of hydrogen-bond acceptors (Lipinski definition) is 3. The lowest BCUT2D eigenvalue weighted by atomic mass is 9.76. The summed E-state index contributed by atoms with van der Waals surface area (Å²) < 4.78 is 4.85. The maximum atomic E-state index is 11.8. The molecule has 0 spiro atoms. The smallest absolute Gasteiger partial charge is 0.311 e. The summed E-state index contributed by atoms with van der Waals surface area (Å²) in [5.74, 6) is 0.867. The highest BCUT2D eigenvalue weighted by Crippen LogP contribution is 2.34. The molecule has 1 aliphatic rings. The van der Waals surface area contributed by atoms with Gasteiger partial charge in [0.25, 0.3) is 0 Å². The van der Waals surface area contributed by atoms with Crippen LogP contribution in [0.1, 0.15) is 52.9 Å². The first-order chi connectivity index (χ1) is 8.45. The zero-order valence-corrected chi connectivity index (χ0v) is 12.2. The molecule has 1 N–H and O–H groups in total. The average Bonchev–Trinajstić information content (AvgIpc) is 2.36. The molecule has 3 heteroatoms. The van der Waals surface area contributed by atoms with E-state index in [4.69, 9.17) is 4.74 Å². The molecular formula is C15H28O3. The normalized spacial score (nSPS) is 27.9. The molecule has 1 aliphatic carbocycles. The molecule has 1 rings (SSSR count). The van der Waals surface area contributed by atoms with Gasteiger partial charge in [-0.3, -0.25) is 4.79 Å². The molecule has 0 radical (unpaired) electrons. The van der Waals surface area contributed by atoms with Gasteiger partial charge >= 0.3 is 5.97 Å². The van der Waals surface area contributed by atoms with Crippen LogP contribution in [0.15, 0.2) is 0 Å². The number of esters is 1. The van der Waals surface area contributed by atoms with Gasteiger partial charge in [0.15, 0.2) is 0 Å². The zero-order valence-electron chi connectivity index (χ0n) is 12.2. The van der Waals surface area contributed by atoms with Crippen molar-refractivity contribution in [3.8, 4) is 0 Å². The lowest BCUT2D eigenvalue weighted by Gasteiger charge is -2.31. The number of aliphatic hydroxyl groups is 1. The maximum Gasteiger partial charge on any atom is 0.311 e.